The summed E-state index contributed by atoms with van der Waals surface area (Å²) in [7, 11) is 0. The molecule has 2 aromatic carbocycles. The molecule has 8 heteroatoms. The Hall–Kier alpha value is -3.79. The molecule has 0 spiro atoms. The van der Waals surface area contributed by atoms with E-state index in [1.54, 1.807) is 12.1 Å². The van der Waals surface area contributed by atoms with Gasteiger partial charge in [0.05, 0.1) is 5.92 Å². The lowest BCUT2D eigenvalue weighted by Crippen LogP contribution is -2.43. The van der Waals surface area contributed by atoms with Gasteiger partial charge in [0.15, 0.2) is 5.69 Å². The number of allylic oxidation sites excluding steroid dienone is 1. The fraction of sp³-hybridized carbons (Fsp3) is 0.233. The van der Waals surface area contributed by atoms with Crippen LogP contribution >= 0.6 is 23.2 Å². The molecule has 0 aliphatic heterocycles. The van der Waals surface area contributed by atoms with Gasteiger partial charge in [-0.3, -0.25) is 9.20 Å². The van der Waals surface area contributed by atoms with Crippen molar-refractivity contribution in [2.24, 2.45) is 5.92 Å². The van der Waals surface area contributed by atoms with E-state index >= 15 is 0 Å². The molecule has 2 fully saturated rings. The fourth-order valence-electron chi connectivity index (χ4n) is 5.26. The number of hydrogen-bond acceptors (Lipinski definition) is 4. The fourth-order valence-corrected chi connectivity index (χ4v) is 5.77. The summed E-state index contributed by atoms with van der Waals surface area (Å²) >= 11 is 12.7. The van der Waals surface area contributed by atoms with Gasteiger partial charge >= 0.3 is 5.97 Å². The summed E-state index contributed by atoms with van der Waals surface area (Å²) in [6.07, 6.45) is 6.36. The summed E-state index contributed by atoms with van der Waals surface area (Å²) in [6.45, 7) is 0. The summed E-state index contributed by atoms with van der Waals surface area (Å²) in [4.78, 5) is 16.2. The number of imidazole rings is 1. The van der Waals surface area contributed by atoms with Gasteiger partial charge in [0, 0.05) is 44.7 Å². The number of aromatic nitrogens is 2. The zero-order valence-electron chi connectivity index (χ0n) is 20.4. The van der Waals surface area contributed by atoms with Crippen LogP contribution in [-0.4, -0.2) is 26.5 Å². The normalized spacial score (nSPS) is 18.4. The molecule has 0 saturated heterocycles. The number of carboxylic acids is 1. The van der Waals surface area contributed by atoms with Gasteiger partial charge in [0.2, 0.25) is 0 Å². The van der Waals surface area contributed by atoms with Gasteiger partial charge in [0.1, 0.15) is 17.4 Å². The van der Waals surface area contributed by atoms with Crippen LogP contribution in [0.5, 0.6) is 0 Å². The average molecular weight is 543 g/mol. The SMILES string of the molecule is N#Cc1c(-c2ccccc2-c2ccc(Cl)cc2Cl)nc2cc(C(NC3CC(C(=O)O)C3)=C3CCC3)ccn12. The summed E-state index contributed by atoms with van der Waals surface area (Å²) in [5.74, 6) is -0.999. The third-order valence-corrected chi connectivity index (χ3v) is 8.12. The van der Waals surface area contributed by atoms with Crippen LogP contribution in [0, 0.1) is 17.2 Å². The zero-order valence-corrected chi connectivity index (χ0v) is 21.9. The number of nitriles is 1. The smallest absolute Gasteiger partial charge is 0.306 e. The molecule has 190 valence electrons. The second-order valence-corrected chi connectivity index (χ2v) is 10.8. The van der Waals surface area contributed by atoms with E-state index in [0.717, 1.165) is 47.2 Å². The number of pyridine rings is 1. The molecule has 2 N–H and O–H groups in total. The number of nitrogens with zero attached hydrogens (tertiary/aromatic N) is 3. The van der Waals surface area contributed by atoms with Crippen molar-refractivity contribution in [3.63, 3.8) is 0 Å². The molecule has 6 rings (SSSR count). The Balaban J connectivity index is 1.41. The van der Waals surface area contributed by atoms with Gasteiger partial charge in [-0.2, -0.15) is 5.26 Å². The molecule has 4 aromatic rings. The lowest BCUT2D eigenvalue weighted by Gasteiger charge is -2.36. The van der Waals surface area contributed by atoms with E-state index in [4.69, 9.17) is 28.2 Å². The Morgan fingerprint density at radius 1 is 1.05 bits per heavy atom. The number of fused-ring (bicyclic) bond motifs is 1. The van der Waals surface area contributed by atoms with E-state index in [0.29, 0.717) is 39.9 Å². The molecule has 0 amide bonds. The molecular weight excluding hydrogens is 519 g/mol. The third kappa shape index (κ3) is 4.32. The lowest BCUT2D eigenvalue weighted by atomic mass is 9.79. The number of hydrogen-bond donors (Lipinski definition) is 2. The van der Waals surface area contributed by atoms with E-state index in [2.05, 4.69) is 11.4 Å². The zero-order chi connectivity index (χ0) is 26.4. The number of carboxylic acid groups (broad SMARTS) is 1. The van der Waals surface area contributed by atoms with Gasteiger partial charge in [-0.05, 0) is 67.5 Å². The monoisotopic (exact) mass is 542 g/mol. The predicted molar refractivity (Wildman–Crippen MR) is 149 cm³/mol. The molecular formula is C30H24Cl2N4O2. The maximum Gasteiger partial charge on any atom is 0.306 e. The van der Waals surface area contributed by atoms with Crippen LogP contribution in [0.15, 0.2) is 66.4 Å². The topological polar surface area (TPSA) is 90.4 Å². The molecule has 2 aliphatic rings. The van der Waals surface area contributed by atoms with Crippen molar-refractivity contribution in [2.45, 2.75) is 38.1 Å². The third-order valence-electron chi connectivity index (χ3n) is 7.57. The number of benzene rings is 2. The maximum atomic E-state index is 11.3. The van der Waals surface area contributed by atoms with E-state index in [-0.39, 0.29) is 12.0 Å². The second-order valence-electron chi connectivity index (χ2n) is 9.91. The van der Waals surface area contributed by atoms with Crippen LogP contribution < -0.4 is 5.32 Å². The highest BCUT2D eigenvalue weighted by atomic mass is 35.5. The van der Waals surface area contributed by atoms with E-state index in [1.165, 1.54) is 5.57 Å². The highest BCUT2D eigenvalue weighted by Crippen LogP contribution is 2.39. The van der Waals surface area contributed by atoms with Crippen molar-refractivity contribution in [3.8, 4) is 28.5 Å². The van der Waals surface area contributed by atoms with Crippen LogP contribution in [0.3, 0.4) is 0 Å². The first-order valence-corrected chi connectivity index (χ1v) is 13.4. The minimum absolute atomic E-state index is 0.149. The van der Waals surface area contributed by atoms with Crippen LogP contribution in [0.2, 0.25) is 10.0 Å². The molecule has 0 radical (unpaired) electrons. The minimum atomic E-state index is -0.726. The quantitative estimate of drug-likeness (QED) is 0.269. The Kier molecular flexibility index (Phi) is 6.35. The Morgan fingerprint density at radius 3 is 2.47 bits per heavy atom. The highest BCUT2D eigenvalue weighted by molar-refractivity contribution is 6.36. The molecule has 0 unspecified atom stereocenters. The Morgan fingerprint density at radius 2 is 1.82 bits per heavy atom. The number of nitrogens with one attached hydrogen (secondary N) is 1. The Labute approximate surface area is 230 Å². The molecule has 2 saturated carbocycles. The van der Waals surface area contributed by atoms with Crippen molar-refractivity contribution >= 4 is 40.5 Å². The predicted octanol–water partition coefficient (Wildman–Crippen LogP) is 7.19. The molecule has 6 nitrogen and oxygen atoms in total. The summed E-state index contributed by atoms with van der Waals surface area (Å²) in [6, 6.07) is 19.6. The van der Waals surface area contributed by atoms with Crippen molar-refractivity contribution in [3.05, 3.63) is 87.7 Å². The molecule has 38 heavy (non-hydrogen) atoms. The molecule has 2 aliphatic carbocycles. The minimum Gasteiger partial charge on any atom is -0.481 e. The maximum absolute atomic E-state index is 11.3. The largest absolute Gasteiger partial charge is 0.481 e. The summed E-state index contributed by atoms with van der Waals surface area (Å²) in [5.41, 5.74) is 7.61. The van der Waals surface area contributed by atoms with Gasteiger partial charge in [-0.1, -0.05) is 53.5 Å². The molecule has 2 heterocycles. The van der Waals surface area contributed by atoms with E-state index < -0.39 is 5.97 Å². The molecule has 0 atom stereocenters. The van der Waals surface area contributed by atoms with Crippen LogP contribution in [0.4, 0.5) is 0 Å². The number of rotatable bonds is 6. The van der Waals surface area contributed by atoms with Gasteiger partial charge < -0.3 is 10.4 Å². The summed E-state index contributed by atoms with van der Waals surface area (Å²) < 4.78 is 1.81. The van der Waals surface area contributed by atoms with Crippen molar-refractivity contribution in [2.75, 3.05) is 0 Å². The molecule has 2 aromatic heterocycles. The number of halogens is 2. The van der Waals surface area contributed by atoms with E-state index in [9.17, 15) is 15.2 Å². The number of carbonyl (C=O) groups is 1. The van der Waals surface area contributed by atoms with Crippen LogP contribution in [-0.2, 0) is 4.79 Å². The first kappa shape index (κ1) is 24.5. The van der Waals surface area contributed by atoms with Crippen LogP contribution in [0.25, 0.3) is 33.7 Å². The standard InChI is InChI=1S/C30H24Cl2N4O2/c31-20-8-9-23(25(32)15-20)22-6-1-2-7-24(22)29-26(16-33)36-11-10-18(14-27(36)35-29)28(17-4-3-5-17)34-21-12-19(13-21)30(37)38/h1-2,6-11,14-15,19,21,34H,3-5,12-13H2,(H,37,38). The summed E-state index contributed by atoms with van der Waals surface area (Å²) in [5, 5.41) is 24.1. The number of aliphatic carboxylic acids is 1. The van der Waals surface area contributed by atoms with Crippen molar-refractivity contribution in [1.29, 1.82) is 5.26 Å². The first-order valence-electron chi connectivity index (χ1n) is 12.6. The van der Waals surface area contributed by atoms with Gasteiger partial charge in [0.25, 0.3) is 0 Å². The second kappa shape index (κ2) is 9.83. The average Bonchev–Trinajstić information content (AvgIpc) is 3.21. The first-order chi connectivity index (χ1) is 18.4. The van der Waals surface area contributed by atoms with Gasteiger partial charge in [-0.25, -0.2) is 4.98 Å². The Bertz CT molecular complexity index is 1650. The highest BCUT2D eigenvalue weighted by Gasteiger charge is 2.35. The van der Waals surface area contributed by atoms with E-state index in [1.807, 2.05) is 53.1 Å². The van der Waals surface area contributed by atoms with Crippen molar-refractivity contribution < 1.29 is 9.90 Å². The van der Waals surface area contributed by atoms with Gasteiger partial charge in [-0.15, -0.1) is 0 Å². The molecule has 0 bridgehead atoms. The van der Waals surface area contributed by atoms with Crippen molar-refractivity contribution in [1.82, 2.24) is 14.7 Å². The lowest BCUT2D eigenvalue weighted by molar-refractivity contribution is -0.145. The van der Waals surface area contributed by atoms with Crippen LogP contribution in [0.1, 0.15) is 43.4 Å².